The van der Waals surface area contributed by atoms with Gasteiger partial charge < -0.3 is 4.57 Å². The van der Waals surface area contributed by atoms with Crippen LogP contribution >= 0.6 is 0 Å². The van der Waals surface area contributed by atoms with Crippen LogP contribution in [0.15, 0.2) is 177 Å². The molecule has 0 aliphatic heterocycles. The second kappa shape index (κ2) is 14.1. The predicted octanol–water partition coefficient (Wildman–Crippen LogP) is 10.8. The Bertz CT molecular complexity index is 3180. The molecule has 0 saturated heterocycles. The minimum absolute atomic E-state index is 0.484. The third-order valence-corrected chi connectivity index (χ3v) is 10.1. The summed E-state index contributed by atoms with van der Waals surface area (Å²) >= 11 is 0. The molecule has 9 heteroatoms. The van der Waals surface area contributed by atoms with Crippen molar-refractivity contribution in [3.8, 4) is 45.8 Å². The van der Waals surface area contributed by atoms with Crippen LogP contribution in [0.1, 0.15) is 12.7 Å². The molecule has 270 valence electrons. The first kappa shape index (κ1) is 33.6. The largest absolute Gasteiger partial charge is 0.307 e. The second-order valence-corrected chi connectivity index (χ2v) is 13.5. The summed E-state index contributed by atoms with van der Waals surface area (Å²) in [6.07, 6.45) is 14.7. The third-order valence-electron chi connectivity index (χ3n) is 10.1. The summed E-state index contributed by atoms with van der Waals surface area (Å²) in [5, 5.41) is 4.18. The molecule has 5 aromatic carbocycles. The highest BCUT2D eigenvalue weighted by Crippen LogP contribution is 2.43. The molecular weight excluding hydrogens is 703 g/mol. The molecular formula is C48H33N9. The number of hydrogen-bond acceptors (Lipinski definition) is 7. The number of para-hydroxylation sites is 1. The Balaban J connectivity index is 1.38. The maximum absolute atomic E-state index is 5.26. The fraction of sp³-hybridized carbons (Fsp3) is 0.0208. The summed E-state index contributed by atoms with van der Waals surface area (Å²) in [6, 6.07) is 41.4. The van der Waals surface area contributed by atoms with Crippen molar-refractivity contribution in [3.05, 3.63) is 183 Å². The van der Waals surface area contributed by atoms with E-state index >= 15 is 0 Å². The van der Waals surface area contributed by atoms with Crippen molar-refractivity contribution in [2.24, 2.45) is 0 Å². The van der Waals surface area contributed by atoms with Crippen LogP contribution in [-0.2, 0) is 0 Å². The van der Waals surface area contributed by atoms with Gasteiger partial charge in [0.15, 0.2) is 23.3 Å². The number of rotatable bonds is 8. The molecule has 0 saturated carbocycles. The fourth-order valence-electron chi connectivity index (χ4n) is 7.65. The summed E-state index contributed by atoms with van der Waals surface area (Å²) < 4.78 is 4.52. The van der Waals surface area contributed by atoms with Crippen molar-refractivity contribution in [3.63, 3.8) is 0 Å². The van der Waals surface area contributed by atoms with Gasteiger partial charge in [-0.3, -0.25) is 4.57 Å². The number of nitrogens with zero attached hydrogens (tertiary/aromatic N) is 9. The summed E-state index contributed by atoms with van der Waals surface area (Å²) in [7, 11) is 0. The van der Waals surface area contributed by atoms with Crippen LogP contribution in [0.25, 0.3) is 95.0 Å². The second-order valence-electron chi connectivity index (χ2n) is 13.5. The Hall–Kier alpha value is -7.91. The Morgan fingerprint density at radius 3 is 1.67 bits per heavy atom. The van der Waals surface area contributed by atoms with E-state index in [4.69, 9.17) is 15.0 Å². The van der Waals surface area contributed by atoms with Gasteiger partial charge in [0.2, 0.25) is 5.95 Å². The van der Waals surface area contributed by atoms with Crippen LogP contribution < -0.4 is 0 Å². The van der Waals surface area contributed by atoms with E-state index in [1.807, 2.05) is 73.7 Å². The number of benzene rings is 5. The lowest BCUT2D eigenvalue weighted by Gasteiger charge is -2.13. The van der Waals surface area contributed by atoms with E-state index in [1.54, 1.807) is 30.9 Å². The molecule has 0 N–H and O–H groups in total. The molecule has 5 aromatic heterocycles. The molecule has 5 heterocycles. The minimum Gasteiger partial charge on any atom is -0.307 e. The maximum atomic E-state index is 5.26. The molecule has 0 fully saturated rings. The standard InChI is InChI=1S/C48H33N9/c1-3-13-31(14-4-2)46-53-47(32-15-7-5-8-16-32)55-48(54-46)57-41-24-20-34(45-51-27-12-28-52-45)30-39(41)37-22-21-36-38-29-33(44-49-25-11-26-50-44)19-23-40(38)56(42(36)43(37)57)35-17-9-6-10-18-35/h3-30H,1H2,2H3/b14-4-,31-13+. The van der Waals surface area contributed by atoms with Gasteiger partial charge in [0.05, 0.1) is 22.1 Å². The van der Waals surface area contributed by atoms with E-state index in [9.17, 15) is 0 Å². The lowest BCUT2D eigenvalue weighted by atomic mass is 10.1. The van der Waals surface area contributed by atoms with Gasteiger partial charge in [0, 0.05) is 74.3 Å². The maximum Gasteiger partial charge on any atom is 0.238 e. The molecule has 9 nitrogen and oxygen atoms in total. The van der Waals surface area contributed by atoms with E-state index in [1.165, 1.54) is 0 Å². The van der Waals surface area contributed by atoms with Gasteiger partial charge in [-0.15, -0.1) is 0 Å². The van der Waals surface area contributed by atoms with E-state index < -0.39 is 0 Å². The van der Waals surface area contributed by atoms with Crippen LogP contribution in [0.2, 0.25) is 0 Å². The first-order valence-corrected chi connectivity index (χ1v) is 18.6. The summed E-state index contributed by atoms with van der Waals surface area (Å²) in [5.41, 5.74) is 8.48. The smallest absolute Gasteiger partial charge is 0.238 e. The molecule has 0 aliphatic rings. The van der Waals surface area contributed by atoms with E-state index in [0.717, 1.165) is 71.6 Å². The van der Waals surface area contributed by atoms with Crippen molar-refractivity contribution in [1.29, 1.82) is 0 Å². The Kier molecular flexibility index (Phi) is 8.30. The SMILES string of the molecule is C=C/C=C(\C=C/C)c1nc(-c2ccccc2)nc(-n2c3ccc(-c4ncccn4)cc3c3ccc4c5cc(-c6ncccn6)ccc5n(-c5ccccc5)c4c32)n1. The van der Waals surface area contributed by atoms with Gasteiger partial charge >= 0.3 is 0 Å². The first-order valence-electron chi connectivity index (χ1n) is 18.6. The monoisotopic (exact) mass is 735 g/mol. The van der Waals surface area contributed by atoms with Crippen molar-refractivity contribution >= 4 is 49.2 Å². The number of aromatic nitrogens is 9. The number of hydrogen-bond donors (Lipinski definition) is 0. The molecule has 0 spiro atoms. The normalized spacial score (nSPS) is 12.1. The van der Waals surface area contributed by atoms with Crippen LogP contribution in [0, 0.1) is 0 Å². The zero-order chi connectivity index (χ0) is 38.3. The van der Waals surface area contributed by atoms with E-state index in [-0.39, 0.29) is 0 Å². The summed E-state index contributed by atoms with van der Waals surface area (Å²) in [5.74, 6) is 2.89. The molecule has 0 aliphatic carbocycles. The molecule has 10 aromatic rings. The van der Waals surface area contributed by atoms with Crippen molar-refractivity contribution in [2.75, 3.05) is 0 Å². The lowest BCUT2D eigenvalue weighted by molar-refractivity contribution is 0.932. The predicted molar refractivity (Wildman–Crippen MR) is 229 cm³/mol. The molecule has 0 unspecified atom stereocenters. The molecule has 0 bridgehead atoms. The third kappa shape index (κ3) is 5.77. The van der Waals surface area contributed by atoms with E-state index in [2.05, 4.69) is 108 Å². The number of allylic oxidation sites excluding steroid dienone is 5. The Labute approximate surface area is 327 Å². The minimum atomic E-state index is 0.484. The molecule has 57 heavy (non-hydrogen) atoms. The quantitative estimate of drug-likeness (QED) is 0.143. The van der Waals surface area contributed by atoms with Crippen LogP contribution in [-0.4, -0.2) is 44.0 Å². The molecule has 0 radical (unpaired) electrons. The van der Waals surface area contributed by atoms with Crippen LogP contribution in [0.5, 0.6) is 0 Å². The van der Waals surface area contributed by atoms with Gasteiger partial charge in [-0.1, -0.05) is 91.5 Å². The van der Waals surface area contributed by atoms with E-state index in [0.29, 0.717) is 29.2 Å². The Morgan fingerprint density at radius 1 is 0.526 bits per heavy atom. The zero-order valence-electron chi connectivity index (χ0n) is 30.9. The lowest BCUT2D eigenvalue weighted by Crippen LogP contribution is -2.08. The van der Waals surface area contributed by atoms with Crippen molar-refractivity contribution in [2.45, 2.75) is 6.92 Å². The number of fused-ring (bicyclic) bond motifs is 7. The van der Waals surface area contributed by atoms with Gasteiger partial charge in [-0.05, 0) is 67.6 Å². The van der Waals surface area contributed by atoms with Crippen molar-refractivity contribution < 1.29 is 0 Å². The van der Waals surface area contributed by atoms with Gasteiger partial charge in [0.1, 0.15) is 0 Å². The average molecular weight is 736 g/mol. The highest BCUT2D eigenvalue weighted by molar-refractivity contribution is 6.24. The molecule has 10 rings (SSSR count). The molecule has 0 atom stereocenters. The van der Waals surface area contributed by atoms with Crippen molar-refractivity contribution in [1.82, 2.24) is 44.0 Å². The average Bonchev–Trinajstić information content (AvgIpc) is 3.79. The van der Waals surface area contributed by atoms with Gasteiger partial charge in [-0.2, -0.15) is 9.97 Å². The highest BCUT2D eigenvalue weighted by Gasteiger charge is 2.24. The topological polar surface area (TPSA) is 100 Å². The summed E-state index contributed by atoms with van der Waals surface area (Å²) in [4.78, 5) is 33.9. The van der Waals surface area contributed by atoms with Crippen LogP contribution in [0.3, 0.4) is 0 Å². The Morgan fingerprint density at radius 2 is 1.09 bits per heavy atom. The fourth-order valence-corrected chi connectivity index (χ4v) is 7.65. The molecule has 0 amide bonds. The highest BCUT2D eigenvalue weighted by atomic mass is 15.2. The zero-order valence-corrected chi connectivity index (χ0v) is 30.9. The van der Waals surface area contributed by atoms with Gasteiger partial charge in [0.25, 0.3) is 0 Å². The first-order chi connectivity index (χ1) is 28.2. The van der Waals surface area contributed by atoms with Crippen LogP contribution in [0.4, 0.5) is 0 Å². The summed E-state index contributed by atoms with van der Waals surface area (Å²) in [6.45, 7) is 5.97. The van der Waals surface area contributed by atoms with Gasteiger partial charge in [-0.25, -0.2) is 24.9 Å².